The van der Waals surface area contributed by atoms with E-state index in [9.17, 15) is 4.79 Å². The molecule has 0 saturated carbocycles. The third-order valence-corrected chi connectivity index (χ3v) is 5.45. The number of hydrogen-bond donors (Lipinski definition) is 1. The summed E-state index contributed by atoms with van der Waals surface area (Å²) in [6.07, 6.45) is 6.10. The highest BCUT2D eigenvalue weighted by molar-refractivity contribution is 6.05. The van der Waals surface area contributed by atoms with Crippen molar-refractivity contribution in [2.45, 2.75) is 43.9 Å². The Morgan fingerprint density at radius 1 is 1.26 bits per heavy atom. The maximum absolute atomic E-state index is 12.6. The Labute approximate surface area is 135 Å². The molecule has 0 amide bonds. The molecule has 2 aliphatic rings. The first-order chi connectivity index (χ1) is 11.2. The first-order valence-corrected chi connectivity index (χ1v) is 8.24. The zero-order chi connectivity index (χ0) is 16.0. The number of ether oxygens (including phenoxy) is 2. The van der Waals surface area contributed by atoms with Crippen LogP contribution in [0.3, 0.4) is 0 Å². The fourth-order valence-electron chi connectivity index (χ4n) is 4.14. The molecular weight excluding hydrogens is 292 g/mol. The number of carbonyl (C=O) groups excluding carboxylic acids is 1. The van der Waals surface area contributed by atoms with Crippen LogP contribution < -0.4 is 4.74 Å². The van der Waals surface area contributed by atoms with Gasteiger partial charge in [0, 0.05) is 36.5 Å². The first kappa shape index (κ1) is 14.6. The van der Waals surface area contributed by atoms with Crippen molar-refractivity contribution in [1.29, 1.82) is 0 Å². The van der Waals surface area contributed by atoms with E-state index in [0.29, 0.717) is 17.6 Å². The van der Waals surface area contributed by atoms with Gasteiger partial charge in [-0.05, 0) is 26.0 Å². The van der Waals surface area contributed by atoms with Crippen LogP contribution in [0.15, 0.2) is 24.4 Å². The van der Waals surface area contributed by atoms with Crippen LogP contribution in [0.5, 0.6) is 5.75 Å². The van der Waals surface area contributed by atoms with Crippen molar-refractivity contribution >= 4 is 16.9 Å². The van der Waals surface area contributed by atoms with Crippen molar-refractivity contribution in [3.8, 4) is 5.75 Å². The molecule has 0 radical (unpaired) electrons. The highest BCUT2D eigenvalue weighted by Gasteiger charge is 2.40. The van der Waals surface area contributed by atoms with Gasteiger partial charge in [-0.15, -0.1) is 0 Å². The van der Waals surface area contributed by atoms with Crippen molar-refractivity contribution in [2.24, 2.45) is 0 Å². The normalized spacial score (nSPS) is 27.3. The SMILES string of the molecule is COc1cccc2c(C(=O)OC3CC4CCC(C3)N4C)c[nH]c12. The average molecular weight is 314 g/mol. The largest absolute Gasteiger partial charge is 0.495 e. The minimum Gasteiger partial charge on any atom is -0.495 e. The average Bonchev–Trinajstić information content (AvgIpc) is 3.05. The van der Waals surface area contributed by atoms with Gasteiger partial charge >= 0.3 is 5.97 Å². The lowest BCUT2D eigenvalue weighted by Crippen LogP contribution is -2.43. The molecule has 0 spiro atoms. The number of para-hydroxylation sites is 1. The third kappa shape index (κ3) is 2.39. The van der Waals surface area contributed by atoms with Gasteiger partial charge in [0.1, 0.15) is 11.9 Å². The second-order valence-corrected chi connectivity index (χ2v) is 6.63. The predicted octanol–water partition coefficient (Wildman–Crippen LogP) is 2.96. The van der Waals surface area contributed by atoms with E-state index in [2.05, 4.69) is 16.9 Å². The number of nitrogens with one attached hydrogen (secondary N) is 1. The Bertz CT molecular complexity index is 725. The number of fused-ring (bicyclic) bond motifs is 3. The van der Waals surface area contributed by atoms with Crippen LogP contribution in [-0.2, 0) is 4.74 Å². The van der Waals surface area contributed by atoms with Gasteiger partial charge in [0.25, 0.3) is 0 Å². The zero-order valence-corrected chi connectivity index (χ0v) is 13.5. The van der Waals surface area contributed by atoms with Gasteiger partial charge in [0.05, 0.1) is 18.2 Å². The van der Waals surface area contributed by atoms with Crippen molar-refractivity contribution < 1.29 is 14.3 Å². The molecule has 2 aliphatic heterocycles. The molecule has 3 heterocycles. The summed E-state index contributed by atoms with van der Waals surface area (Å²) in [4.78, 5) is 18.2. The lowest BCUT2D eigenvalue weighted by Gasteiger charge is -2.35. The molecule has 1 aromatic carbocycles. The number of rotatable bonds is 3. The molecule has 23 heavy (non-hydrogen) atoms. The Kier molecular flexibility index (Phi) is 3.53. The number of aromatic amines is 1. The second kappa shape index (κ2) is 5.57. The standard InChI is InChI=1S/C18H22N2O3/c1-20-11-6-7-12(20)9-13(8-11)23-18(21)15-10-19-17-14(15)4-3-5-16(17)22-2/h3-5,10-13,19H,6-9H2,1-2H3. The van der Waals surface area contributed by atoms with Gasteiger partial charge in [-0.3, -0.25) is 0 Å². The molecule has 4 rings (SSSR count). The molecule has 2 bridgehead atoms. The van der Waals surface area contributed by atoms with E-state index < -0.39 is 0 Å². The summed E-state index contributed by atoms with van der Waals surface area (Å²) in [5.41, 5.74) is 1.43. The lowest BCUT2D eigenvalue weighted by molar-refractivity contribution is -0.000258. The van der Waals surface area contributed by atoms with Gasteiger partial charge in [-0.1, -0.05) is 12.1 Å². The zero-order valence-electron chi connectivity index (χ0n) is 13.5. The number of benzene rings is 1. The first-order valence-electron chi connectivity index (χ1n) is 8.24. The Hall–Kier alpha value is -2.01. The topological polar surface area (TPSA) is 54.6 Å². The summed E-state index contributed by atoms with van der Waals surface area (Å²) >= 11 is 0. The van der Waals surface area contributed by atoms with Gasteiger partial charge < -0.3 is 19.4 Å². The van der Waals surface area contributed by atoms with Crippen molar-refractivity contribution in [3.63, 3.8) is 0 Å². The summed E-state index contributed by atoms with van der Waals surface area (Å²) < 4.78 is 11.1. The van der Waals surface area contributed by atoms with E-state index in [1.165, 1.54) is 12.8 Å². The van der Waals surface area contributed by atoms with Gasteiger partial charge in [-0.25, -0.2) is 4.79 Å². The van der Waals surface area contributed by atoms with E-state index in [4.69, 9.17) is 9.47 Å². The summed E-state index contributed by atoms with van der Waals surface area (Å²) in [6, 6.07) is 6.82. The summed E-state index contributed by atoms with van der Waals surface area (Å²) in [6.45, 7) is 0. The Morgan fingerprint density at radius 3 is 2.70 bits per heavy atom. The lowest BCUT2D eigenvalue weighted by atomic mass is 10.0. The monoisotopic (exact) mass is 314 g/mol. The molecule has 2 unspecified atom stereocenters. The third-order valence-electron chi connectivity index (χ3n) is 5.45. The van der Waals surface area contributed by atoms with Crippen molar-refractivity contribution in [2.75, 3.05) is 14.2 Å². The Balaban J connectivity index is 1.54. The number of esters is 1. The number of aromatic nitrogens is 1. The minimum atomic E-state index is -0.238. The molecule has 2 aromatic rings. The summed E-state index contributed by atoms with van der Waals surface area (Å²) in [5, 5.41) is 0.852. The quantitative estimate of drug-likeness (QED) is 0.885. The maximum Gasteiger partial charge on any atom is 0.340 e. The van der Waals surface area contributed by atoms with Crippen LogP contribution in [0.1, 0.15) is 36.0 Å². The molecule has 2 saturated heterocycles. The number of hydrogen-bond acceptors (Lipinski definition) is 4. The molecule has 1 N–H and O–H groups in total. The number of H-pyrrole nitrogens is 1. The van der Waals surface area contributed by atoms with E-state index in [-0.39, 0.29) is 12.1 Å². The Morgan fingerprint density at radius 2 is 2.00 bits per heavy atom. The van der Waals surface area contributed by atoms with Gasteiger partial charge in [0.15, 0.2) is 0 Å². The summed E-state index contributed by atoms with van der Waals surface area (Å²) in [5.74, 6) is 0.498. The molecular formula is C18H22N2O3. The fraction of sp³-hybridized carbons (Fsp3) is 0.500. The minimum absolute atomic E-state index is 0.0340. The smallest absolute Gasteiger partial charge is 0.340 e. The van der Waals surface area contributed by atoms with E-state index in [0.717, 1.165) is 29.5 Å². The molecule has 1 aromatic heterocycles. The van der Waals surface area contributed by atoms with Crippen LogP contribution in [0.4, 0.5) is 0 Å². The van der Waals surface area contributed by atoms with E-state index in [1.807, 2.05) is 18.2 Å². The maximum atomic E-state index is 12.6. The number of methoxy groups -OCH3 is 1. The molecule has 5 nitrogen and oxygen atoms in total. The molecule has 122 valence electrons. The second-order valence-electron chi connectivity index (χ2n) is 6.63. The molecule has 0 aliphatic carbocycles. The molecule has 5 heteroatoms. The van der Waals surface area contributed by atoms with E-state index in [1.54, 1.807) is 13.3 Å². The highest BCUT2D eigenvalue weighted by atomic mass is 16.5. The summed E-state index contributed by atoms with van der Waals surface area (Å²) in [7, 11) is 3.81. The van der Waals surface area contributed by atoms with Crippen LogP contribution in [-0.4, -0.2) is 48.2 Å². The predicted molar refractivity (Wildman–Crippen MR) is 87.9 cm³/mol. The molecule has 2 atom stereocenters. The number of piperidine rings is 1. The van der Waals surface area contributed by atoms with Gasteiger partial charge in [-0.2, -0.15) is 0 Å². The number of nitrogens with zero attached hydrogens (tertiary/aromatic N) is 1. The fourth-order valence-corrected chi connectivity index (χ4v) is 4.14. The van der Waals surface area contributed by atoms with Crippen LogP contribution in [0.2, 0.25) is 0 Å². The van der Waals surface area contributed by atoms with Crippen molar-refractivity contribution in [3.05, 3.63) is 30.0 Å². The van der Waals surface area contributed by atoms with Gasteiger partial charge in [0.2, 0.25) is 0 Å². The van der Waals surface area contributed by atoms with E-state index >= 15 is 0 Å². The van der Waals surface area contributed by atoms with Crippen LogP contribution >= 0.6 is 0 Å². The molecule has 2 fully saturated rings. The van der Waals surface area contributed by atoms with Crippen LogP contribution in [0, 0.1) is 0 Å². The van der Waals surface area contributed by atoms with Crippen molar-refractivity contribution in [1.82, 2.24) is 9.88 Å². The van der Waals surface area contributed by atoms with Crippen LogP contribution in [0.25, 0.3) is 10.9 Å². The highest BCUT2D eigenvalue weighted by Crippen LogP contribution is 2.36. The number of carbonyl (C=O) groups is 1.